The molecule has 12 aromatic heterocycles. The van der Waals surface area contributed by atoms with Crippen molar-refractivity contribution in [3.63, 3.8) is 0 Å². The molecule has 0 spiro atoms. The molecule has 16 aromatic rings. The lowest BCUT2D eigenvalue weighted by Crippen LogP contribution is -2.40. The number of carbonyl (C=O) groups excluding carboxylic acids is 4. The van der Waals surface area contributed by atoms with Crippen LogP contribution in [0.2, 0.25) is 0 Å². The van der Waals surface area contributed by atoms with Crippen LogP contribution in [0.1, 0.15) is 195 Å². The number of aryl methyl sites for hydroxylation is 8. The Morgan fingerprint density at radius 3 is 0.664 bits per heavy atom. The highest BCUT2D eigenvalue weighted by atomic mass is 16.5. The van der Waals surface area contributed by atoms with E-state index >= 15 is 0 Å². The van der Waals surface area contributed by atoms with Gasteiger partial charge in [0.15, 0.2) is 0 Å². The Morgan fingerprint density at radius 1 is 0.279 bits per heavy atom. The number of pyridine rings is 4. The first kappa shape index (κ1) is 92.3. The van der Waals surface area contributed by atoms with Crippen molar-refractivity contribution in [1.29, 1.82) is 0 Å². The maximum atomic E-state index is 13.0. The van der Waals surface area contributed by atoms with Gasteiger partial charge in [0, 0.05) is 249 Å². The number of fused-ring (bicyclic) bond motifs is 8. The van der Waals surface area contributed by atoms with Gasteiger partial charge in [-0.1, -0.05) is 48.5 Å². The van der Waals surface area contributed by atoms with Crippen molar-refractivity contribution >= 4 is 66.7 Å². The number of rotatable bonds is 12. The maximum absolute atomic E-state index is 13.0. The molecule has 0 radical (unpaired) electrons. The fourth-order valence-electron chi connectivity index (χ4n) is 22.4. The minimum atomic E-state index is -0.270. The highest BCUT2D eigenvalue weighted by Gasteiger charge is 2.43. The van der Waals surface area contributed by atoms with Gasteiger partial charge in [-0.25, -0.2) is 19.9 Å². The lowest BCUT2D eigenvalue weighted by Gasteiger charge is -2.33. The van der Waals surface area contributed by atoms with Crippen LogP contribution >= 0.6 is 0 Å². The topological polar surface area (TPSA) is 312 Å². The first-order valence-electron chi connectivity index (χ1n) is 49.0. The van der Waals surface area contributed by atoms with Gasteiger partial charge in [-0.05, 0) is 175 Å². The molecule has 0 unspecified atom stereocenters. The zero-order valence-electron chi connectivity index (χ0n) is 82.6. The van der Waals surface area contributed by atoms with E-state index in [0.717, 1.165) is 306 Å². The molecule has 0 N–H and O–H groups in total. The van der Waals surface area contributed by atoms with Gasteiger partial charge in [0.25, 0.3) is 0 Å². The zero-order valence-corrected chi connectivity index (χ0v) is 82.6. The molecule has 140 heavy (non-hydrogen) atoms. The van der Waals surface area contributed by atoms with Crippen molar-refractivity contribution < 1.29 is 38.1 Å². The van der Waals surface area contributed by atoms with Gasteiger partial charge in [-0.2, -0.15) is 20.4 Å². The van der Waals surface area contributed by atoms with Gasteiger partial charge in [0.05, 0.1) is 119 Å². The Bertz CT molecular complexity index is 6660. The molecule has 0 bridgehead atoms. The normalized spacial score (nSPS) is 18.9. The molecular weight excluding hydrogens is 1760 g/mol. The summed E-state index contributed by atoms with van der Waals surface area (Å²) in [7, 11) is 15.2. The molecule has 8 aliphatic heterocycles. The van der Waals surface area contributed by atoms with E-state index in [9.17, 15) is 19.2 Å². The van der Waals surface area contributed by atoms with Crippen LogP contribution in [-0.4, -0.2) is 222 Å². The summed E-state index contributed by atoms with van der Waals surface area (Å²) in [5.74, 6) is 5.76. The van der Waals surface area contributed by atoms with Gasteiger partial charge in [0.1, 0.15) is 47.5 Å². The van der Waals surface area contributed by atoms with Gasteiger partial charge in [-0.3, -0.25) is 57.8 Å². The van der Waals surface area contributed by atoms with E-state index in [2.05, 4.69) is 139 Å². The van der Waals surface area contributed by atoms with E-state index in [1.807, 2.05) is 178 Å². The molecule has 4 aromatic carbocycles. The number of amides is 4. The molecule has 4 amide bonds. The Morgan fingerprint density at radius 2 is 0.479 bits per heavy atom. The number of aromatic nitrogens is 20. The third-order valence-electron chi connectivity index (χ3n) is 29.9. The Hall–Kier alpha value is -14.1. The first-order chi connectivity index (χ1) is 67.7. The number of imidazole rings is 4. The molecule has 0 aliphatic carbocycles. The van der Waals surface area contributed by atoms with E-state index in [0.29, 0.717) is 49.9 Å². The molecule has 720 valence electrons. The Kier molecular flexibility index (Phi) is 24.8. The lowest BCUT2D eigenvalue weighted by atomic mass is 9.96. The average Bonchev–Trinajstić information content (AvgIpc) is 1.60. The minimum absolute atomic E-state index is 0.132. The third kappa shape index (κ3) is 16.8. The molecule has 4 atom stereocenters. The van der Waals surface area contributed by atoms with Crippen LogP contribution in [0.15, 0.2) is 147 Å². The van der Waals surface area contributed by atoms with Crippen molar-refractivity contribution in [3.05, 3.63) is 215 Å². The summed E-state index contributed by atoms with van der Waals surface area (Å²) in [5, 5.41) is 25.9. The van der Waals surface area contributed by atoms with E-state index in [1.165, 1.54) is 0 Å². The highest BCUT2D eigenvalue weighted by molar-refractivity contribution is 6.03. The fourth-order valence-corrected chi connectivity index (χ4v) is 22.4. The van der Waals surface area contributed by atoms with Crippen LogP contribution in [0, 0.1) is 27.7 Å². The van der Waals surface area contributed by atoms with Gasteiger partial charge < -0.3 is 56.8 Å². The van der Waals surface area contributed by atoms with Crippen molar-refractivity contribution in [1.82, 2.24) is 117 Å². The van der Waals surface area contributed by atoms with Crippen molar-refractivity contribution in [2.45, 2.75) is 181 Å². The van der Waals surface area contributed by atoms with Crippen LogP contribution in [0.4, 0.5) is 0 Å². The number of benzene rings is 4. The number of nitrogens with zero attached hydrogens (tertiary/aromatic N) is 24. The van der Waals surface area contributed by atoms with Gasteiger partial charge >= 0.3 is 0 Å². The molecular formula is C108H120N24O8. The predicted octanol–water partition coefficient (Wildman–Crippen LogP) is 16.9. The summed E-state index contributed by atoms with van der Waals surface area (Å²) in [6.07, 6.45) is 30.5. The third-order valence-corrected chi connectivity index (χ3v) is 29.9. The molecule has 24 rings (SSSR count). The quantitative estimate of drug-likeness (QED) is 0.110. The summed E-state index contributed by atoms with van der Waals surface area (Å²) in [6, 6.07) is 24.6. The van der Waals surface area contributed by atoms with Crippen LogP contribution in [-0.2, 0) is 92.5 Å². The largest absolute Gasteiger partial charge is 0.381 e. The van der Waals surface area contributed by atoms with Crippen LogP contribution < -0.4 is 0 Å². The second-order valence-corrected chi connectivity index (χ2v) is 39.4. The standard InChI is InChI=1S/4C27H30N6O2/c4*1-16-5-6-19-11-22(20-12-29-32(4)14-20)28-13-21(19)24(16)25-23-15-31(3)27(34)17(2)33(23)26(30-25)18-7-9-35-10-8-18/h4*5-6,11-14,17-18H,7-10,15H2,1-4H3/t4*17-/m1100/s1. The van der Waals surface area contributed by atoms with E-state index in [-0.39, 0.29) is 47.8 Å². The number of hydrogen-bond donors (Lipinski definition) is 0. The SMILES string of the molecule is Cc1ccc2cc(-c3cnn(C)c3)ncc2c1-c1nc(C2CCOCC2)n2c1CN(C)C(=O)[C@@H]2C.Cc1ccc2cc(-c3cnn(C)c3)ncc2c1-c1nc(C2CCOCC2)n2c1CN(C)C(=O)[C@@H]2C.Cc1ccc2cc(-c3cnn(C)c3)ncc2c1-c1nc(C2CCOCC2)n2c1CN(C)C(=O)[C@H]2C.Cc1ccc2cc(-c3cnn(C)c3)ncc2c1-c1nc(C2CCOCC2)n2c1CN(C)C(=O)[C@H]2C. The maximum Gasteiger partial charge on any atom is 0.245 e. The summed E-state index contributed by atoms with van der Waals surface area (Å²) >= 11 is 0. The minimum Gasteiger partial charge on any atom is -0.381 e. The second kappa shape index (κ2) is 37.6. The van der Waals surface area contributed by atoms with E-state index in [1.54, 1.807) is 18.7 Å². The van der Waals surface area contributed by atoms with E-state index < -0.39 is 0 Å². The summed E-state index contributed by atoms with van der Waals surface area (Å²) < 4.78 is 38.5. The predicted molar refractivity (Wildman–Crippen MR) is 536 cm³/mol. The van der Waals surface area contributed by atoms with Crippen molar-refractivity contribution in [3.8, 4) is 90.1 Å². The lowest BCUT2D eigenvalue weighted by molar-refractivity contribution is -0.136. The molecule has 4 fully saturated rings. The van der Waals surface area contributed by atoms with Gasteiger partial charge in [-0.15, -0.1) is 0 Å². The van der Waals surface area contributed by atoms with Crippen LogP contribution in [0.25, 0.3) is 133 Å². The Balaban J connectivity index is 0.000000111. The van der Waals surface area contributed by atoms with E-state index in [4.69, 9.17) is 58.8 Å². The molecule has 32 heteroatoms. The fraction of sp³-hybridized carbons (Fsp3) is 0.407. The highest BCUT2D eigenvalue weighted by Crippen LogP contribution is 2.48. The number of likely N-dealkylation sites (N-methyl/N-ethyl adjacent to an activating group) is 4. The average molecular weight is 1880 g/mol. The van der Waals surface area contributed by atoms with Crippen LogP contribution in [0.5, 0.6) is 0 Å². The van der Waals surface area contributed by atoms with Crippen LogP contribution in [0.3, 0.4) is 0 Å². The molecule has 8 aliphatic rings. The number of hydrogen-bond acceptors (Lipinski definition) is 20. The summed E-state index contributed by atoms with van der Waals surface area (Å²) in [6.45, 7) is 24.6. The number of ether oxygens (including phenoxy) is 4. The van der Waals surface area contributed by atoms with Gasteiger partial charge in [0.2, 0.25) is 23.6 Å². The molecule has 0 saturated carbocycles. The smallest absolute Gasteiger partial charge is 0.245 e. The second-order valence-electron chi connectivity index (χ2n) is 39.4. The zero-order chi connectivity index (χ0) is 97.1. The monoisotopic (exact) mass is 1880 g/mol. The van der Waals surface area contributed by atoms with Crippen molar-refractivity contribution in [2.24, 2.45) is 28.2 Å². The molecule has 4 saturated heterocycles. The molecule has 32 nitrogen and oxygen atoms in total. The molecule has 20 heterocycles. The first-order valence-corrected chi connectivity index (χ1v) is 49.0. The summed E-state index contributed by atoms with van der Waals surface area (Å²) in [4.78, 5) is 99.4. The Labute approximate surface area is 812 Å². The van der Waals surface area contributed by atoms with Crippen molar-refractivity contribution in [2.75, 3.05) is 81.0 Å². The number of carbonyl (C=O) groups is 4. The summed E-state index contributed by atoms with van der Waals surface area (Å²) in [5.41, 5.74) is 24.9.